The van der Waals surface area contributed by atoms with Gasteiger partial charge in [0.05, 0.1) is 31.2 Å². The molecule has 0 aromatic carbocycles. The monoisotopic (exact) mass is 448 g/mol. The molecule has 0 aromatic rings. The largest absolute Gasteiger partial charge is 0.379 e. The van der Waals surface area contributed by atoms with Crippen molar-refractivity contribution >= 4 is 16.0 Å². The van der Waals surface area contributed by atoms with E-state index in [1.807, 2.05) is 20.8 Å². The number of nitrogens with one attached hydrogen (secondary N) is 1. The molecule has 0 bridgehead atoms. The lowest BCUT2D eigenvalue weighted by atomic mass is 10.2. The van der Waals surface area contributed by atoms with Gasteiger partial charge < -0.3 is 24.4 Å². The van der Waals surface area contributed by atoms with Gasteiger partial charge in [-0.15, -0.1) is 0 Å². The molecule has 10 heteroatoms. The van der Waals surface area contributed by atoms with E-state index in [0.29, 0.717) is 45.9 Å². The highest BCUT2D eigenvalue weighted by molar-refractivity contribution is 7.89. The van der Waals surface area contributed by atoms with Crippen molar-refractivity contribution in [3.05, 3.63) is 0 Å². The van der Waals surface area contributed by atoms with E-state index in [9.17, 15) is 8.42 Å². The Labute approximate surface area is 182 Å². The first-order valence-electron chi connectivity index (χ1n) is 11.2. The van der Waals surface area contributed by atoms with Crippen LogP contribution in [0.15, 0.2) is 4.99 Å². The Morgan fingerprint density at radius 1 is 1.23 bits per heavy atom. The fraction of sp³-hybridized carbons (Fsp3) is 0.950. The van der Waals surface area contributed by atoms with Crippen molar-refractivity contribution in [1.29, 1.82) is 0 Å². The molecule has 0 aromatic heterocycles. The molecule has 0 saturated carbocycles. The predicted molar refractivity (Wildman–Crippen MR) is 118 cm³/mol. The van der Waals surface area contributed by atoms with Gasteiger partial charge in [-0.05, 0) is 40.0 Å². The second-order valence-corrected chi connectivity index (χ2v) is 10.0. The van der Waals surface area contributed by atoms with E-state index in [2.05, 4.69) is 10.2 Å². The number of sulfonamides is 1. The molecule has 2 heterocycles. The van der Waals surface area contributed by atoms with Crippen molar-refractivity contribution in [2.45, 2.75) is 52.2 Å². The summed E-state index contributed by atoms with van der Waals surface area (Å²) >= 11 is 0. The summed E-state index contributed by atoms with van der Waals surface area (Å²) < 4.78 is 43.2. The van der Waals surface area contributed by atoms with Crippen LogP contribution in [0.5, 0.6) is 0 Å². The molecule has 0 radical (unpaired) electrons. The fourth-order valence-corrected chi connectivity index (χ4v) is 4.75. The van der Waals surface area contributed by atoms with E-state index in [-0.39, 0.29) is 24.6 Å². The molecular formula is C20H40N4O5S. The Balaban J connectivity index is 1.71. The minimum Gasteiger partial charge on any atom is -0.379 e. The number of rotatable bonds is 12. The topological polar surface area (TPSA) is 92.7 Å². The summed E-state index contributed by atoms with van der Waals surface area (Å²) in [4.78, 5) is 6.83. The summed E-state index contributed by atoms with van der Waals surface area (Å²) in [5.74, 6) is 0.877. The molecule has 0 amide bonds. The molecule has 1 N–H and O–H groups in total. The van der Waals surface area contributed by atoms with Gasteiger partial charge in [0.25, 0.3) is 0 Å². The molecule has 1 unspecified atom stereocenters. The maximum atomic E-state index is 12.5. The van der Waals surface area contributed by atoms with Crippen LogP contribution in [0.3, 0.4) is 0 Å². The average molecular weight is 449 g/mol. The maximum Gasteiger partial charge on any atom is 0.216 e. The molecule has 2 rings (SSSR count). The van der Waals surface area contributed by atoms with Crippen LogP contribution in [0.2, 0.25) is 0 Å². The van der Waals surface area contributed by atoms with Gasteiger partial charge in [-0.2, -0.15) is 4.31 Å². The third-order valence-corrected chi connectivity index (χ3v) is 6.93. The van der Waals surface area contributed by atoms with Crippen molar-refractivity contribution in [3.8, 4) is 0 Å². The average Bonchev–Trinajstić information content (AvgIpc) is 3.23. The number of hydrogen-bond donors (Lipinski definition) is 1. The Hall–Kier alpha value is -0.940. The Morgan fingerprint density at radius 3 is 2.63 bits per heavy atom. The molecule has 2 fully saturated rings. The fourth-order valence-electron chi connectivity index (χ4n) is 3.46. The van der Waals surface area contributed by atoms with Crippen LogP contribution in [0.1, 0.15) is 40.0 Å². The van der Waals surface area contributed by atoms with Gasteiger partial charge in [-0.3, -0.25) is 4.99 Å². The summed E-state index contributed by atoms with van der Waals surface area (Å²) in [6, 6.07) is 0. The smallest absolute Gasteiger partial charge is 0.216 e. The van der Waals surface area contributed by atoms with E-state index in [1.54, 1.807) is 4.31 Å². The number of hydrogen-bond acceptors (Lipinski definition) is 6. The highest BCUT2D eigenvalue weighted by atomic mass is 32.2. The van der Waals surface area contributed by atoms with Gasteiger partial charge in [0, 0.05) is 52.5 Å². The molecular weight excluding hydrogens is 408 g/mol. The normalized spacial score (nSPS) is 21.5. The third kappa shape index (κ3) is 9.05. The van der Waals surface area contributed by atoms with Crippen LogP contribution in [0.4, 0.5) is 0 Å². The highest BCUT2D eigenvalue weighted by Gasteiger charge is 2.28. The molecule has 9 nitrogen and oxygen atoms in total. The van der Waals surface area contributed by atoms with Crippen molar-refractivity contribution in [1.82, 2.24) is 14.5 Å². The van der Waals surface area contributed by atoms with Gasteiger partial charge in [0.2, 0.25) is 10.0 Å². The summed E-state index contributed by atoms with van der Waals surface area (Å²) in [5, 5.41) is 3.32. The lowest BCUT2D eigenvalue weighted by molar-refractivity contribution is 0.0170. The van der Waals surface area contributed by atoms with Crippen LogP contribution in [-0.2, 0) is 24.2 Å². The number of ether oxygens (including phenoxy) is 3. The second-order valence-electron chi connectivity index (χ2n) is 7.92. The zero-order chi connectivity index (χ0) is 21.8. The van der Waals surface area contributed by atoms with Crippen molar-refractivity contribution in [2.75, 3.05) is 71.4 Å². The van der Waals surface area contributed by atoms with E-state index in [4.69, 9.17) is 19.2 Å². The van der Waals surface area contributed by atoms with E-state index < -0.39 is 10.0 Å². The van der Waals surface area contributed by atoms with Gasteiger partial charge in [0.15, 0.2) is 5.96 Å². The van der Waals surface area contributed by atoms with Gasteiger partial charge in [-0.25, -0.2) is 8.42 Å². The van der Waals surface area contributed by atoms with Crippen molar-refractivity contribution in [3.63, 3.8) is 0 Å². The first-order valence-corrected chi connectivity index (χ1v) is 12.9. The van der Waals surface area contributed by atoms with Crippen LogP contribution < -0.4 is 5.32 Å². The molecule has 2 aliphatic heterocycles. The Kier molecular flexibility index (Phi) is 11.4. The van der Waals surface area contributed by atoms with Crippen LogP contribution in [0.25, 0.3) is 0 Å². The molecule has 0 spiro atoms. The first-order chi connectivity index (χ1) is 14.4. The zero-order valence-corrected chi connectivity index (χ0v) is 19.7. The van der Waals surface area contributed by atoms with E-state index in [0.717, 1.165) is 38.4 Å². The summed E-state index contributed by atoms with van der Waals surface area (Å²) in [6.45, 7) is 11.9. The highest BCUT2D eigenvalue weighted by Crippen LogP contribution is 2.12. The molecule has 1 atom stereocenters. The maximum absolute atomic E-state index is 12.5. The van der Waals surface area contributed by atoms with Gasteiger partial charge in [-0.1, -0.05) is 0 Å². The minimum absolute atomic E-state index is 0.0330. The second kappa shape index (κ2) is 13.5. The molecule has 2 saturated heterocycles. The van der Waals surface area contributed by atoms with Crippen molar-refractivity contribution < 1.29 is 22.6 Å². The molecule has 30 heavy (non-hydrogen) atoms. The molecule has 176 valence electrons. The van der Waals surface area contributed by atoms with Gasteiger partial charge >= 0.3 is 0 Å². The Bertz CT molecular complexity index is 600. The van der Waals surface area contributed by atoms with Crippen LogP contribution in [0, 0.1) is 0 Å². The molecule has 2 aliphatic rings. The van der Waals surface area contributed by atoms with Crippen LogP contribution in [-0.4, -0.2) is 107 Å². The van der Waals surface area contributed by atoms with E-state index >= 15 is 0 Å². The third-order valence-electron chi connectivity index (χ3n) is 5.10. The van der Waals surface area contributed by atoms with E-state index in [1.165, 1.54) is 0 Å². The summed E-state index contributed by atoms with van der Waals surface area (Å²) in [5.41, 5.74) is 0. The summed E-state index contributed by atoms with van der Waals surface area (Å²) in [7, 11) is -3.28. The number of aliphatic imine (C=N–C) groups is 1. The first kappa shape index (κ1) is 25.3. The molecule has 0 aliphatic carbocycles. The summed E-state index contributed by atoms with van der Waals surface area (Å²) in [6.07, 6.45) is 3.37. The predicted octanol–water partition coefficient (Wildman–Crippen LogP) is 0.910. The Morgan fingerprint density at radius 2 is 2.00 bits per heavy atom. The number of piperazine rings is 1. The lowest BCUT2D eigenvalue weighted by Gasteiger charge is -2.36. The van der Waals surface area contributed by atoms with Crippen molar-refractivity contribution in [2.24, 2.45) is 4.99 Å². The zero-order valence-electron chi connectivity index (χ0n) is 18.8. The minimum atomic E-state index is -3.28. The quantitative estimate of drug-likeness (QED) is 0.269. The number of nitrogens with zero attached hydrogens (tertiary/aromatic N) is 3. The number of guanidine groups is 1. The van der Waals surface area contributed by atoms with Crippen LogP contribution >= 0.6 is 0 Å². The lowest BCUT2D eigenvalue weighted by Crippen LogP contribution is -2.54. The standard InChI is InChI=1S/C20H40N4O5S/c1-4-21-20(22-8-6-13-27-17-19-7-5-14-29-19)23-9-11-24(12-10-23)30(25,26)16-15-28-18(2)3/h18-19H,4-17H2,1-3H3,(H,21,22). The van der Waals surface area contributed by atoms with Gasteiger partial charge in [0.1, 0.15) is 0 Å². The SMILES string of the molecule is CCNC(=NCCCOCC1CCCO1)N1CCN(S(=O)(=O)CCOC(C)C)CC1.